The molecule has 9 nitrogen and oxygen atoms in total. The second-order valence-corrected chi connectivity index (χ2v) is 11.2. The topological polar surface area (TPSA) is 97.7 Å². The highest BCUT2D eigenvalue weighted by Crippen LogP contribution is 2.36. The van der Waals surface area contributed by atoms with Crippen molar-refractivity contribution in [3.63, 3.8) is 0 Å². The lowest BCUT2D eigenvalue weighted by Gasteiger charge is -2.26. The third-order valence-corrected chi connectivity index (χ3v) is 8.23. The lowest BCUT2D eigenvalue weighted by Crippen LogP contribution is -2.42. The van der Waals surface area contributed by atoms with Crippen molar-refractivity contribution in [3.8, 4) is 22.9 Å². The number of hydrogen-bond donors (Lipinski definition) is 2. The van der Waals surface area contributed by atoms with Gasteiger partial charge in [0, 0.05) is 73.5 Å². The number of thiophene rings is 1. The summed E-state index contributed by atoms with van der Waals surface area (Å²) in [5.41, 5.74) is 0.324. The van der Waals surface area contributed by atoms with Crippen LogP contribution in [0.5, 0.6) is 17.2 Å². The van der Waals surface area contributed by atoms with Crippen LogP contribution in [0.15, 0.2) is 77.9 Å². The van der Waals surface area contributed by atoms with Crippen LogP contribution in [0, 0.1) is 11.6 Å². The first-order valence-corrected chi connectivity index (χ1v) is 14.9. The lowest BCUT2D eigenvalue weighted by molar-refractivity contribution is 0.102. The van der Waals surface area contributed by atoms with Gasteiger partial charge in [0.05, 0.1) is 16.8 Å². The van der Waals surface area contributed by atoms with Crippen molar-refractivity contribution >= 4 is 33.1 Å². The summed E-state index contributed by atoms with van der Waals surface area (Å²) < 4.78 is 42.3. The van der Waals surface area contributed by atoms with E-state index in [4.69, 9.17) is 9.47 Å². The van der Waals surface area contributed by atoms with E-state index in [-0.39, 0.29) is 29.4 Å². The molecule has 12 heteroatoms. The van der Waals surface area contributed by atoms with E-state index >= 15 is 4.39 Å². The molecule has 1 aliphatic heterocycles. The zero-order valence-corrected chi connectivity index (χ0v) is 24.6. The molecule has 3 aromatic heterocycles. The summed E-state index contributed by atoms with van der Waals surface area (Å²) in [4.78, 5) is 34.6. The summed E-state index contributed by atoms with van der Waals surface area (Å²) in [6.07, 6.45) is 3.07. The number of aromatic nitrogens is 2. The highest BCUT2D eigenvalue weighted by atomic mass is 32.1. The van der Waals surface area contributed by atoms with Gasteiger partial charge in [0.15, 0.2) is 11.6 Å². The maximum Gasteiger partial charge on any atom is 0.271 e. The van der Waals surface area contributed by atoms with Crippen LogP contribution < -0.4 is 25.7 Å². The average molecular weight is 618 g/mol. The number of anilines is 1. The Morgan fingerprint density at radius 2 is 1.82 bits per heavy atom. The summed E-state index contributed by atoms with van der Waals surface area (Å²) in [6.45, 7) is 6.61. The first kappa shape index (κ1) is 29.4. The Bertz CT molecular complexity index is 1870. The number of benzene rings is 2. The number of nitrogens with one attached hydrogen (secondary N) is 2. The Labute approximate surface area is 255 Å². The molecule has 6 rings (SSSR count). The van der Waals surface area contributed by atoms with Gasteiger partial charge in [0.1, 0.15) is 22.9 Å². The number of carbonyl (C=O) groups excluding carboxylic acids is 1. The van der Waals surface area contributed by atoms with Crippen molar-refractivity contribution in [2.75, 3.05) is 38.1 Å². The number of amides is 1. The number of piperazine rings is 1. The molecule has 1 saturated heterocycles. The number of pyridine rings is 2. The number of rotatable bonds is 9. The number of carbonyl (C=O) groups is 1. The van der Waals surface area contributed by atoms with Crippen molar-refractivity contribution in [1.29, 1.82) is 0 Å². The van der Waals surface area contributed by atoms with Crippen LogP contribution in [0.1, 0.15) is 22.2 Å². The molecule has 2 N–H and O–H groups in total. The van der Waals surface area contributed by atoms with Crippen LogP contribution in [0.2, 0.25) is 0 Å². The highest BCUT2D eigenvalue weighted by molar-refractivity contribution is 7.19. The van der Waals surface area contributed by atoms with E-state index in [2.05, 4.69) is 20.5 Å². The van der Waals surface area contributed by atoms with Crippen molar-refractivity contribution in [2.45, 2.75) is 13.5 Å². The van der Waals surface area contributed by atoms with Crippen molar-refractivity contribution in [3.05, 3.63) is 105 Å². The molecule has 0 radical (unpaired) electrons. The number of fused-ring (bicyclic) bond motifs is 1. The quantitative estimate of drug-likeness (QED) is 0.223. The molecule has 0 atom stereocenters. The van der Waals surface area contributed by atoms with Crippen molar-refractivity contribution in [1.82, 2.24) is 19.8 Å². The molecule has 5 aromatic rings. The normalized spacial score (nSPS) is 13.6. The van der Waals surface area contributed by atoms with Crippen LogP contribution in [-0.4, -0.2) is 53.1 Å². The first-order chi connectivity index (χ1) is 21.4. The van der Waals surface area contributed by atoms with Gasteiger partial charge in [0.2, 0.25) is 0 Å². The fourth-order valence-electron chi connectivity index (χ4n) is 4.99. The maximum atomic E-state index is 15.3. The minimum atomic E-state index is -0.783. The molecule has 0 saturated carbocycles. The summed E-state index contributed by atoms with van der Waals surface area (Å²) in [5, 5.41) is 5.94. The molecular weight excluding hydrogens is 588 g/mol. The molecule has 2 aromatic carbocycles. The van der Waals surface area contributed by atoms with E-state index in [1.807, 2.05) is 6.07 Å². The van der Waals surface area contributed by atoms with Crippen molar-refractivity contribution < 1.29 is 23.0 Å². The molecule has 4 heterocycles. The fourth-order valence-corrected chi connectivity index (χ4v) is 6.10. The van der Waals surface area contributed by atoms with Gasteiger partial charge in [-0.3, -0.25) is 24.0 Å². The van der Waals surface area contributed by atoms with Gasteiger partial charge in [0.25, 0.3) is 11.5 Å². The standard InChI is InChI=1S/C32H29F2N5O4S/c1-2-42-27-10-14-39(22-6-3-20(33)4-7-22)32(41)29(27)31(40)37-21-5-8-26(24(34)17-21)43-28-9-11-36-25-18-23(44-30(25)28)19-38-15-12-35-13-16-38/h3-11,14,17-18,35H,2,12-13,15-16,19H2,1H3,(H,37,40). The molecule has 226 valence electrons. The highest BCUT2D eigenvalue weighted by Gasteiger charge is 2.21. The summed E-state index contributed by atoms with van der Waals surface area (Å²) in [6, 6.07) is 14.5. The molecular formula is C32H29F2N5O4S. The minimum absolute atomic E-state index is 0.0269. The molecule has 1 fully saturated rings. The van der Waals surface area contributed by atoms with Gasteiger partial charge < -0.3 is 20.1 Å². The predicted octanol–water partition coefficient (Wildman–Crippen LogP) is 5.57. The fraction of sp³-hybridized carbons (Fsp3) is 0.219. The number of hydrogen-bond acceptors (Lipinski definition) is 8. The Balaban J connectivity index is 1.22. The van der Waals surface area contributed by atoms with E-state index in [1.54, 1.807) is 30.5 Å². The van der Waals surface area contributed by atoms with Gasteiger partial charge in [-0.15, -0.1) is 11.3 Å². The van der Waals surface area contributed by atoms with E-state index in [0.717, 1.165) is 53.9 Å². The van der Waals surface area contributed by atoms with Crippen LogP contribution in [0.3, 0.4) is 0 Å². The Morgan fingerprint density at radius 1 is 1.02 bits per heavy atom. The summed E-state index contributed by atoms with van der Waals surface area (Å²) >= 11 is 1.57. The predicted molar refractivity (Wildman–Crippen MR) is 165 cm³/mol. The smallest absolute Gasteiger partial charge is 0.271 e. The molecule has 0 aliphatic carbocycles. The Morgan fingerprint density at radius 3 is 2.57 bits per heavy atom. The largest absolute Gasteiger partial charge is 0.493 e. The van der Waals surface area contributed by atoms with Crippen LogP contribution >= 0.6 is 11.3 Å². The molecule has 1 amide bonds. The number of nitrogens with zero attached hydrogens (tertiary/aromatic N) is 3. The second-order valence-electron chi connectivity index (χ2n) is 10.1. The van der Waals surface area contributed by atoms with Crippen LogP contribution in [0.25, 0.3) is 15.9 Å². The molecule has 0 bridgehead atoms. The third kappa shape index (κ3) is 6.32. The third-order valence-electron chi connectivity index (χ3n) is 7.11. The monoisotopic (exact) mass is 617 g/mol. The van der Waals surface area contributed by atoms with Crippen molar-refractivity contribution in [2.24, 2.45) is 0 Å². The Kier molecular flexibility index (Phi) is 8.64. The average Bonchev–Trinajstić information content (AvgIpc) is 3.43. The molecule has 0 unspecified atom stereocenters. The minimum Gasteiger partial charge on any atom is -0.493 e. The van der Waals surface area contributed by atoms with E-state index in [0.29, 0.717) is 11.4 Å². The van der Waals surface area contributed by atoms with E-state index in [9.17, 15) is 14.0 Å². The van der Waals surface area contributed by atoms with E-state index < -0.39 is 23.1 Å². The lowest BCUT2D eigenvalue weighted by atomic mass is 10.2. The zero-order chi connectivity index (χ0) is 30.6. The maximum absolute atomic E-state index is 15.3. The van der Waals surface area contributed by atoms with Gasteiger partial charge in [-0.05, 0) is 55.5 Å². The van der Waals surface area contributed by atoms with E-state index in [1.165, 1.54) is 53.2 Å². The van der Waals surface area contributed by atoms with Gasteiger partial charge in [-0.2, -0.15) is 0 Å². The van der Waals surface area contributed by atoms with Gasteiger partial charge in [-0.25, -0.2) is 8.78 Å². The van der Waals surface area contributed by atoms with Gasteiger partial charge in [-0.1, -0.05) is 0 Å². The molecule has 0 spiro atoms. The summed E-state index contributed by atoms with van der Waals surface area (Å²) in [7, 11) is 0. The van der Waals surface area contributed by atoms with Crippen LogP contribution in [0.4, 0.5) is 14.5 Å². The first-order valence-electron chi connectivity index (χ1n) is 14.1. The van der Waals surface area contributed by atoms with Gasteiger partial charge >= 0.3 is 0 Å². The SMILES string of the molecule is CCOc1ccn(-c2ccc(F)cc2)c(=O)c1C(=O)Nc1ccc(Oc2ccnc3cc(CN4CCNCC4)sc23)c(F)c1. The molecule has 1 aliphatic rings. The molecule has 44 heavy (non-hydrogen) atoms. The number of ether oxygens (including phenoxy) is 2. The summed E-state index contributed by atoms with van der Waals surface area (Å²) in [5.74, 6) is -1.42. The van der Waals surface area contributed by atoms with Crippen LogP contribution in [-0.2, 0) is 6.54 Å². The second kappa shape index (κ2) is 12.9. The zero-order valence-electron chi connectivity index (χ0n) is 23.8. The number of halogens is 2. The Hall–Kier alpha value is -4.65.